The predicted octanol–water partition coefficient (Wildman–Crippen LogP) is 2.44. The van der Waals surface area contributed by atoms with Gasteiger partial charge in [-0.3, -0.25) is 19.2 Å². The molecule has 136 valence electrons. The molecule has 1 aromatic heterocycles. The van der Waals surface area contributed by atoms with Crippen molar-refractivity contribution in [3.05, 3.63) is 46.8 Å². The largest absolute Gasteiger partial charge is 0.478 e. The van der Waals surface area contributed by atoms with Gasteiger partial charge in [0.05, 0.1) is 17.9 Å². The van der Waals surface area contributed by atoms with E-state index in [0.717, 1.165) is 34.1 Å². The fourth-order valence-electron chi connectivity index (χ4n) is 2.17. The van der Waals surface area contributed by atoms with Crippen LogP contribution in [-0.2, 0) is 21.4 Å². The summed E-state index contributed by atoms with van der Waals surface area (Å²) >= 11 is 1.76. The summed E-state index contributed by atoms with van der Waals surface area (Å²) in [4.78, 5) is 35.2. The molecule has 2 aromatic rings. The van der Waals surface area contributed by atoms with Crippen molar-refractivity contribution in [2.24, 2.45) is 0 Å². The number of rotatable bonds is 6. The fourth-order valence-corrected chi connectivity index (χ4v) is 5.11. The van der Waals surface area contributed by atoms with Crippen LogP contribution in [0.4, 0.5) is 10.5 Å². The van der Waals surface area contributed by atoms with Crippen molar-refractivity contribution in [2.45, 2.75) is 10.8 Å². The molecule has 0 radical (unpaired) electrons. The number of thioether (sulfide) groups is 1. The molecule has 0 saturated carbocycles. The first-order valence-corrected chi connectivity index (χ1v) is 10.5. The molecule has 3 rings (SSSR count). The minimum absolute atomic E-state index is 0.0939. The lowest BCUT2D eigenvalue weighted by atomic mass is 10.2. The maximum atomic E-state index is 12.3. The van der Waals surface area contributed by atoms with E-state index in [1.165, 1.54) is 17.5 Å². The van der Waals surface area contributed by atoms with Crippen LogP contribution in [-0.4, -0.2) is 41.3 Å². The van der Waals surface area contributed by atoms with Crippen molar-refractivity contribution < 1.29 is 27.9 Å². The van der Waals surface area contributed by atoms with E-state index < -0.39 is 16.0 Å². The zero-order valence-corrected chi connectivity index (χ0v) is 15.5. The van der Waals surface area contributed by atoms with Gasteiger partial charge in [-0.25, -0.2) is 13.2 Å². The third-order valence-electron chi connectivity index (χ3n) is 3.47. The Labute approximate surface area is 156 Å². The number of amides is 2. The Kier molecular flexibility index (Phi) is 5.03. The number of carbonyl (C=O) groups excluding carboxylic acids is 2. The molecule has 0 aliphatic carbocycles. The summed E-state index contributed by atoms with van der Waals surface area (Å²) in [5, 5.41) is 9.83. The number of carbonyl (C=O) groups is 3. The van der Waals surface area contributed by atoms with E-state index in [9.17, 15) is 22.8 Å². The second-order valence-corrected chi connectivity index (χ2v) is 9.04. The average molecular weight is 412 g/mol. The van der Waals surface area contributed by atoms with Gasteiger partial charge in [0.25, 0.3) is 15.3 Å². The number of benzene rings is 1. The molecule has 0 unspecified atom stereocenters. The average Bonchev–Trinajstić information content (AvgIpc) is 3.20. The van der Waals surface area contributed by atoms with Crippen molar-refractivity contribution in [1.82, 2.24) is 4.90 Å². The molecular weight excluding hydrogens is 400 g/mol. The van der Waals surface area contributed by atoms with Crippen LogP contribution in [0.15, 0.2) is 39.9 Å². The van der Waals surface area contributed by atoms with E-state index in [0.29, 0.717) is 5.56 Å². The second-order valence-electron chi connectivity index (χ2n) is 5.30. The Morgan fingerprint density at radius 3 is 2.46 bits per heavy atom. The Balaban J connectivity index is 1.71. The summed E-state index contributed by atoms with van der Waals surface area (Å²) in [6, 6.07) is 7.33. The molecule has 8 nitrogen and oxygen atoms in total. The van der Waals surface area contributed by atoms with E-state index in [-0.39, 0.29) is 38.9 Å². The number of aromatic carboxylic acids is 1. The molecule has 1 aliphatic rings. The van der Waals surface area contributed by atoms with E-state index in [1.54, 1.807) is 12.1 Å². The van der Waals surface area contributed by atoms with Crippen LogP contribution >= 0.6 is 23.1 Å². The van der Waals surface area contributed by atoms with Crippen molar-refractivity contribution in [1.29, 1.82) is 0 Å². The number of thiophene rings is 1. The number of hydrogen-bond acceptors (Lipinski definition) is 7. The van der Waals surface area contributed by atoms with Gasteiger partial charge < -0.3 is 5.11 Å². The molecule has 2 amide bonds. The second kappa shape index (κ2) is 7.09. The van der Waals surface area contributed by atoms with Crippen LogP contribution in [0, 0.1) is 0 Å². The highest BCUT2D eigenvalue weighted by Crippen LogP contribution is 2.25. The van der Waals surface area contributed by atoms with Gasteiger partial charge >= 0.3 is 5.97 Å². The number of carboxylic acid groups (broad SMARTS) is 1. The Morgan fingerprint density at radius 2 is 1.92 bits per heavy atom. The predicted molar refractivity (Wildman–Crippen MR) is 96.9 cm³/mol. The van der Waals surface area contributed by atoms with Crippen molar-refractivity contribution in [3.8, 4) is 0 Å². The van der Waals surface area contributed by atoms with Crippen molar-refractivity contribution in [2.75, 3.05) is 10.5 Å². The van der Waals surface area contributed by atoms with Crippen molar-refractivity contribution in [3.63, 3.8) is 0 Å². The van der Waals surface area contributed by atoms with Crippen LogP contribution in [0.5, 0.6) is 0 Å². The third kappa shape index (κ3) is 3.89. The molecule has 1 aliphatic heterocycles. The summed E-state index contributed by atoms with van der Waals surface area (Å²) in [5.74, 6) is -1.32. The molecule has 0 spiro atoms. The van der Waals surface area contributed by atoms with Crippen LogP contribution in [0.3, 0.4) is 0 Å². The Bertz CT molecular complexity index is 965. The summed E-state index contributed by atoms with van der Waals surface area (Å²) in [6.07, 6.45) is 0. The summed E-state index contributed by atoms with van der Waals surface area (Å²) in [5.41, 5.74) is 0.873. The number of imide groups is 1. The van der Waals surface area contributed by atoms with Crippen LogP contribution in [0.1, 0.15) is 15.9 Å². The molecule has 0 atom stereocenters. The van der Waals surface area contributed by atoms with Gasteiger partial charge in [0.15, 0.2) is 0 Å². The number of anilines is 1. The zero-order chi connectivity index (χ0) is 18.9. The van der Waals surface area contributed by atoms with Gasteiger partial charge in [-0.2, -0.15) is 0 Å². The van der Waals surface area contributed by atoms with E-state index in [1.807, 2.05) is 0 Å². The normalized spacial score (nSPS) is 14.7. The van der Waals surface area contributed by atoms with Gasteiger partial charge in [-0.1, -0.05) is 23.9 Å². The summed E-state index contributed by atoms with van der Waals surface area (Å²) < 4.78 is 26.8. The standard InChI is InChI=1S/C15H12N2O6S3/c18-12-8-25-15(21)17(12)6-9-1-3-11(4-2-9)16-26(22,23)13-5-10(7-24-13)14(19)20/h1-5,7,16H,6,8H2,(H,19,20). The quantitative estimate of drug-likeness (QED) is 0.747. The molecule has 11 heteroatoms. The van der Waals surface area contributed by atoms with Gasteiger partial charge in [0, 0.05) is 11.1 Å². The third-order valence-corrected chi connectivity index (χ3v) is 7.15. The molecule has 2 N–H and O–H groups in total. The highest BCUT2D eigenvalue weighted by atomic mass is 32.2. The van der Waals surface area contributed by atoms with Crippen LogP contribution in [0.2, 0.25) is 0 Å². The number of nitrogens with zero attached hydrogens (tertiary/aromatic N) is 1. The first-order valence-electron chi connectivity index (χ1n) is 7.17. The van der Waals surface area contributed by atoms with Gasteiger partial charge in [0.1, 0.15) is 4.21 Å². The molecule has 1 saturated heterocycles. The van der Waals surface area contributed by atoms with Crippen LogP contribution < -0.4 is 4.72 Å². The number of sulfonamides is 1. The molecule has 1 aromatic carbocycles. The van der Waals surface area contributed by atoms with Crippen LogP contribution in [0.25, 0.3) is 0 Å². The van der Waals surface area contributed by atoms with E-state index in [4.69, 9.17) is 5.11 Å². The van der Waals surface area contributed by atoms with Gasteiger partial charge in [-0.15, -0.1) is 11.3 Å². The maximum Gasteiger partial charge on any atom is 0.336 e. The summed E-state index contributed by atoms with van der Waals surface area (Å²) in [6.45, 7) is 0.130. The molecular formula is C15H12N2O6S3. The minimum Gasteiger partial charge on any atom is -0.478 e. The first kappa shape index (κ1) is 18.4. The van der Waals surface area contributed by atoms with E-state index >= 15 is 0 Å². The molecule has 26 heavy (non-hydrogen) atoms. The number of hydrogen-bond donors (Lipinski definition) is 2. The minimum atomic E-state index is -3.90. The molecule has 1 fully saturated rings. The fraction of sp³-hybridized carbons (Fsp3) is 0.133. The topological polar surface area (TPSA) is 121 Å². The van der Waals surface area contributed by atoms with Crippen molar-refractivity contribution >= 4 is 55.9 Å². The summed E-state index contributed by atoms with van der Waals surface area (Å²) in [7, 11) is -3.90. The molecule has 0 bridgehead atoms. The number of carboxylic acids is 1. The monoisotopic (exact) mass is 412 g/mol. The van der Waals surface area contributed by atoms with E-state index in [2.05, 4.69) is 4.72 Å². The Morgan fingerprint density at radius 1 is 1.23 bits per heavy atom. The Hall–Kier alpha value is -2.37. The smallest absolute Gasteiger partial charge is 0.336 e. The lowest BCUT2D eigenvalue weighted by molar-refractivity contribution is -0.125. The lowest BCUT2D eigenvalue weighted by Crippen LogP contribution is -2.27. The zero-order valence-electron chi connectivity index (χ0n) is 13.0. The van der Waals surface area contributed by atoms with Gasteiger partial charge in [0.2, 0.25) is 5.91 Å². The molecule has 2 heterocycles. The SMILES string of the molecule is O=C(O)c1csc(S(=O)(=O)Nc2ccc(CN3C(=O)CSC3=O)cc2)c1. The van der Waals surface area contributed by atoms with Gasteiger partial charge in [-0.05, 0) is 23.8 Å². The highest BCUT2D eigenvalue weighted by molar-refractivity contribution is 8.14. The lowest BCUT2D eigenvalue weighted by Gasteiger charge is -2.13. The number of nitrogens with one attached hydrogen (secondary N) is 1. The first-order chi connectivity index (χ1) is 12.3. The maximum absolute atomic E-state index is 12.3. The highest BCUT2D eigenvalue weighted by Gasteiger charge is 2.29.